The Morgan fingerprint density at radius 1 is 1.41 bits per heavy atom. The van der Waals surface area contributed by atoms with Crippen LogP contribution in [0, 0.1) is 0 Å². The molecule has 0 bridgehead atoms. The maximum absolute atomic E-state index is 11.9. The van der Waals surface area contributed by atoms with Gasteiger partial charge in [-0.3, -0.25) is 10.2 Å². The summed E-state index contributed by atoms with van der Waals surface area (Å²) < 4.78 is 5.19. The molecule has 5 nitrogen and oxygen atoms in total. The third-order valence-electron chi connectivity index (χ3n) is 2.51. The van der Waals surface area contributed by atoms with E-state index in [0.717, 1.165) is 0 Å². The molecule has 17 heavy (non-hydrogen) atoms. The summed E-state index contributed by atoms with van der Waals surface area (Å²) in [6, 6.07) is 4.84. The highest BCUT2D eigenvalue weighted by Crippen LogP contribution is 2.19. The minimum atomic E-state index is -0.225. The van der Waals surface area contributed by atoms with E-state index in [2.05, 4.69) is 5.43 Å². The Morgan fingerprint density at radius 3 is 2.76 bits per heavy atom. The van der Waals surface area contributed by atoms with E-state index in [4.69, 9.17) is 22.1 Å². The van der Waals surface area contributed by atoms with Crippen LogP contribution in [-0.4, -0.2) is 37.2 Å². The summed E-state index contributed by atoms with van der Waals surface area (Å²) in [7, 11) is 0. The normalized spacial score (nSPS) is 16.8. The molecule has 1 heterocycles. The average molecular weight is 256 g/mol. The number of rotatable bonds is 2. The second-order valence-electron chi connectivity index (χ2n) is 3.78. The number of carbonyl (C=O) groups is 1. The van der Waals surface area contributed by atoms with Crippen molar-refractivity contribution in [2.45, 2.75) is 0 Å². The number of ether oxygens (including phenoxy) is 1. The van der Waals surface area contributed by atoms with Crippen molar-refractivity contribution in [2.75, 3.05) is 32.0 Å². The van der Waals surface area contributed by atoms with Gasteiger partial charge in [0.05, 0.1) is 23.8 Å². The summed E-state index contributed by atoms with van der Waals surface area (Å²) in [4.78, 5) is 11.9. The molecule has 1 aromatic carbocycles. The zero-order chi connectivity index (χ0) is 12.3. The van der Waals surface area contributed by atoms with Gasteiger partial charge in [-0.15, -0.1) is 0 Å². The summed E-state index contributed by atoms with van der Waals surface area (Å²) in [6.45, 7) is 2.60. The van der Waals surface area contributed by atoms with Gasteiger partial charge in [0.15, 0.2) is 0 Å². The standard InChI is InChI=1S/C11H14ClN3O2/c12-10-7-8(13)1-2-9(10)11(16)14-15-3-5-17-6-4-15/h1-2,7H,3-6,13H2,(H,14,16). The molecule has 0 spiro atoms. The van der Waals surface area contributed by atoms with Crippen molar-refractivity contribution in [3.8, 4) is 0 Å². The molecule has 3 N–H and O–H groups in total. The van der Waals surface area contributed by atoms with Crippen LogP contribution in [0.4, 0.5) is 5.69 Å². The quantitative estimate of drug-likeness (QED) is 0.771. The zero-order valence-electron chi connectivity index (χ0n) is 9.28. The fourth-order valence-corrected chi connectivity index (χ4v) is 1.87. The zero-order valence-corrected chi connectivity index (χ0v) is 10.0. The van der Waals surface area contributed by atoms with E-state index in [1.807, 2.05) is 5.01 Å². The highest BCUT2D eigenvalue weighted by Gasteiger charge is 2.16. The molecule has 1 aliphatic heterocycles. The van der Waals surface area contributed by atoms with Crippen LogP contribution in [0.5, 0.6) is 0 Å². The number of amides is 1. The van der Waals surface area contributed by atoms with Crippen LogP contribution in [0.25, 0.3) is 0 Å². The number of hydrogen-bond acceptors (Lipinski definition) is 4. The Kier molecular flexibility index (Phi) is 3.83. The summed E-state index contributed by atoms with van der Waals surface area (Å²) >= 11 is 5.96. The van der Waals surface area contributed by atoms with Gasteiger partial charge in [-0.1, -0.05) is 11.6 Å². The van der Waals surface area contributed by atoms with Crippen LogP contribution in [-0.2, 0) is 4.74 Å². The van der Waals surface area contributed by atoms with Gasteiger partial charge >= 0.3 is 0 Å². The molecule has 1 aromatic rings. The smallest absolute Gasteiger partial charge is 0.267 e. The lowest BCUT2D eigenvalue weighted by Gasteiger charge is -2.27. The van der Waals surface area contributed by atoms with E-state index in [0.29, 0.717) is 42.6 Å². The molecule has 2 rings (SSSR count). The molecule has 0 unspecified atom stereocenters. The van der Waals surface area contributed by atoms with Crippen molar-refractivity contribution in [3.63, 3.8) is 0 Å². The highest BCUT2D eigenvalue weighted by molar-refractivity contribution is 6.34. The van der Waals surface area contributed by atoms with E-state index in [-0.39, 0.29) is 5.91 Å². The number of halogens is 1. The Labute approximate surface area is 104 Å². The third kappa shape index (κ3) is 3.09. The van der Waals surface area contributed by atoms with Crippen molar-refractivity contribution in [1.82, 2.24) is 10.4 Å². The van der Waals surface area contributed by atoms with E-state index in [9.17, 15) is 4.79 Å². The number of carbonyl (C=O) groups excluding carboxylic acids is 1. The van der Waals surface area contributed by atoms with Gasteiger partial charge in [0.25, 0.3) is 5.91 Å². The van der Waals surface area contributed by atoms with Crippen LogP contribution < -0.4 is 11.2 Å². The first-order valence-electron chi connectivity index (χ1n) is 5.35. The largest absolute Gasteiger partial charge is 0.399 e. The third-order valence-corrected chi connectivity index (χ3v) is 2.82. The lowest BCUT2D eigenvalue weighted by Crippen LogP contribution is -2.48. The number of nitrogens with two attached hydrogens (primary N) is 1. The van der Waals surface area contributed by atoms with Crippen molar-refractivity contribution >= 4 is 23.2 Å². The van der Waals surface area contributed by atoms with Crippen molar-refractivity contribution in [1.29, 1.82) is 0 Å². The summed E-state index contributed by atoms with van der Waals surface area (Å²) in [5, 5.41) is 2.18. The minimum Gasteiger partial charge on any atom is -0.399 e. The molecule has 0 radical (unpaired) electrons. The molecule has 1 amide bonds. The summed E-state index contributed by atoms with van der Waals surface area (Å²) in [5.41, 5.74) is 9.32. The van der Waals surface area contributed by atoms with E-state index < -0.39 is 0 Å². The van der Waals surface area contributed by atoms with E-state index >= 15 is 0 Å². The van der Waals surface area contributed by atoms with Crippen LogP contribution in [0.2, 0.25) is 5.02 Å². The number of nitrogens with zero attached hydrogens (tertiary/aromatic N) is 1. The van der Waals surface area contributed by atoms with Crippen molar-refractivity contribution in [2.24, 2.45) is 0 Å². The van der Waals surface area contributed by atoms with Crippen LogP contribution >= 0.6 is 11.6 Å². The van der Waals surface area contributed by atoms with Gasteiger partial charge < -0.3 is 10.5 Å². The van der Waals surface area contributed by atoms with Gasteiger partial charge in [-0.2, -0.15) is 0 Å². The second kappa shape index (κ2) is 5.35. The molecule has 1 fully saturated rings. The Morgan fingerprint density at radius 2 is 2.12 bits per heavy atom. The Hall–Kier alpha value is -1.30. The molecule has 0 aromatic heterocycles. The van der Waals surface area contributed by atoms with Gasteiger partial charge in [-0.25, -0.2) is 5.01 Å². The Bertz CT molecular complexity index is 419. The molecule has 0 aliphatic carbocycles. The second-order valence-corrected chi connectivity index (χ2v) is 4.19. The lowest BCUT2D eigenvalue weighted by atomic mass is 10.2. The number of nitrogens with one attached hydrogen (secondary N) is 1. The predicted octanol–water partition coefficient (Wildman–Crippen LogP) is 0.899. The van der Waals surface area contributed by atoms with Crippen LogP contribution in [0.3, 0.4) is 0 Å². The number of hydrogen-bond donors (Lipinski definition) is 2. The molecule has 0 atom stereocenters. The number of hydrazine groups is 1. The molecule has 92 valence electrons. The maximum atomic E-state index is 11.9. The fourth-order valence-electron chi connectivity index (χ4n) is 1.59. The highest BCUT2D eigenvalue weighted by atomic mass is 35.5. The maximum Gasteiger partial charge on any atom is 0.267 e. The molecular formula is C11H14ClN3O2. The molecule has 0 saturated carbocycles. The van der Waals surface area contributed by atoms with Crippen LogP contribution in [0.15, 0.2) is 18.2 Å². The van der Waals surface area contributed by atoms with E-state index in [1.165, 1.54) is 0 Å². The van der Waals surface area contributed by atoms with Gasteiger partial charge in [0.1, 0.15) is 0 Å². The summed E-state index contributed by atoms with van der Waals surface area (Å²) in [6.07, 6.45) is 0. The monoisotopic (exact) mass is 255 g/mol. The minimum absolute atomic E-state index is 0.225. The van der Waals surface area contributed by atoms with Crippen LogP contribution in [0.1, 0.15) is 10.4 Å². The SMILES string of the molecule is Nc1ccc(C(=O)NN2CCOCC2)c(Cl)c1. The molecule has 6 heteroatoms. The van der Waals surface area contributed by atoms with Gasteiger partial charge in [0, 0.05) is 18.8 Å². The number of benzene rings is 1. The number of anilines is 1. The van der Waals surface area contributed by atoms with Crippen molar-refractivity contribution < 1.29 is 9.53 Å². The van der Waals surface area contributed by atoms with Crippen molar-refractivity contribution in [3.05, 3.63) is 28.8 Å². The fraction of sp³-hybridized carbons (Fsp3) is 0.364. The number of morpholine rings is 1. The molecule has 1 aliphatic rings. The first-order chi connectivity index (χ1) is 8.16. The Balaban J connectivity index is 2.03. The summed E-state index contributed by atoms with van der Waals surface area (Å²) in [5.74, 6) is -0.225. The van der Waals surface area contributed by atoms with E-state index in [1.54, 1.807) is 18.2 Å². The number of nitrogen functional groups attached to an aromatic ring is 1. The lowest BCUT2D eigenvalue weighted by molar-refractivity contribution is 0.0126. The molecular weight excluding hydrogens is 242 g/mol. The van der Waals surface area contributed by atoms with Gasteiger partial charge in [0.2, 0.25) is 0 Å². The molecule has 1 saturated heterocycles. The first kappa shape index (κ1) is 12.2. The first-order valence-corrected chi connectivity index (χ1v) is 5.73. The predicted molar refractivity (Wildman–Crippen MR) is 65.7 cm³/mol. The van der Waals surface area contributed by atoms with Gasteiger partial charge in [-0.05, 0) is 18.2 Å². The average Bonchev–Trinajstić information content (AvgIpc) is 2.30. The topological polar surface area (TPSA) is 67.6 Å².